The fraction of sp³-hybridized carbons (Fsp3) is 0.500. The predicted octanol–water partition coefficient (Wildman–Crippen LogP) is 13.8. The molecule has 1 fully saturated rings. The first-order valence-electron chi connectivity index (χ1n) is 21.7. The van der Waals surface area contributed by atoms with Gasteiger partial charge in [-0.3, -0.25) is 23.5 Å². The predicted molar refractivity (Wildman–Crippen MR) is 240 cm³/mol. The first kappa shape index (κ1) is 57.3. The molecule has 69 heavy (non-hydrogen) atoms. The molecule has 1 aliphatic rings. The summed E-state index contributed by atoms with van der Waals surface area (Å²) < 4.78 is 157. The maximum absolute atomic E-state index is 12.8. The van der Waals surface area contributed by atoms with Crippen molar-refractivity contribution in [3.63, 3.8) is 0 Å². The lowest BCUT2D eigenvalue weighted by atomic mass is 10.1. The average Bonchev–Trinajstić information content (AvgIpc) is 3.69. The summed E-state index contributed by atoms with van der Waals surface area (Å²) in [5.74, 6) is 0.0733. The summed E-state index contributed by atoms with van der Waals surface area (Å²) in [6.45, 7) is 25.0. The molecule has 0 unspecified atom stereocenters. The largest absolute Gasteiger partial charge is 0.435 e. The first-order chi connectivity index (χ1) is 31.7. The van der Waals surface area contributed by atoms with Gasteiger partial charge in [0, 0.05) is 95.4 Å². The minimum atomic E-state index is -4.41. The van der Waals surface area contributed by atoms with Gasteiger partial charge in [0.05, 0.1) is 0 Å². The van der Waals surface area contributed by atoms with Crippen LogP contribution in [0.2, 0.25) is 0 Å². The first-order valence-corrected chi connectivity index (χ1v) is 21.7. The summed E-state index contributed by atoms with van der Waals surface area (Å²) in [6, 6.07) is 5.59. The molecule has 0 amide bonds. The summed E-state index contributed by atoms with van der Waals surface area (Å²) in [7, 11) is 1.43. The van der Waals surface area contributed by atoms with Crippen LogP contribution >= 0.6 is 0 Å². The standard InChI is InChI=1S/C11H15F3N2.C10H12N2O.C9H13F3N2.C9H11F3N2.C7H7F3N2/c1-6(2)16-7(3)9(8-4-5-8)10(15-16)11(12,13)14;1-7(2)12-6-5-8-3-4-9(13)11-10(8)12;2*1-4-7-5-14(6(2)3)13-8(7)9(10,11)12;1-3-5-4-12(2)11-6(5)7(8,9)10/h6,8H,4-5H2,1-3H3;3-7H,1-2H3,(H,11,13);5-6H,4H2,1-3H3;4-6H,1H2,2-3H3;3-4H,1H2,2H3. The van der Waals surface area contributed by atoms with Gasteiger partial charge in [-0.05, 0) is 99.6 Å². The van der Waals surface area contributed by atoms with E-state index >= 15 is 0 Å². The molecule has 1 aliphatic carbocycles. The Morgan fingerprint density at radius 1 is 0.652 bits per heavy atom. The minimum absolute atomic E-state index is 0.00463. The van der Waals surface area contributed by atoms with E-state index in [4.69, 9.17) is 0 Å². The number of halogens is 12. The second-order valence-electron chi connectivity index (χ2n) is 17.0. The van der Waals surface area contributed by atoms with Crippen molar-refractivity contribution < 1.29 is 52.7 Å². The SMILES string of the molecule is C=Cc1cn(C(C)C)nc1C(F)(F)F.C=Cc1cn(C)nc1C(F)(F)F.CC(C)n1ccc2ccc(=O)[nH]c21.CCc1cn(C(C)C)nc1C(F)(F)F.Cc1c(C2CC2)c(C(F)(F)F)nn1C(C)C. The quantitative estimate of drug-likeness (QED) is 0.153. The van der Waals surface area contributed by atoms with Gasteiger partial charge in [-0.2, -0.15) is 73.1 Å². The van der Waals surface area contributed by atoms with Crippen LogP contribution in [0.3, 0.4) is 0 Å². The molecule has 0 aromatic carbocycles. The fourth-order valence-corrected chi connectivity index (χ4v) is 6.70. The molecule has 382 valence electrons. The molecule has 0 saturated heterocycles. The van der Waals surface area contributed by atoms with Gasteiger partial charge in [-0.15, -0.1) is 0 Å². The molecular formula is C46H58F12N10O. The molecule has 0 radical (unpaired) electrons. The molecule has 1 N–H and O–H groups in total. The summed E-state index contributed by atoms with van der Waals surface area (Å²) in [6.07, 6.45) is -7.05. The zero-order valence-corrected chi connectivity index (χ0v) is 40.1. The molecule has 7 rings (SSSR count). The second-order valence-corrected chi connectivity index (χ2v) is 17.0. The molecule has 0 bridgehead atoms. The van der Waals surface area contributed by atoms with E-state index in [1.807, 2.05) is 32.2 Å². The maximum Gasteiger partial charge on any atom is 0.435 e. The van der Waals surface area contributed by atoms with E-state index in [1.54, 1.807) is 47.6 Å². The highest BCUT2D eigenvalue weighted by Gasteiger charge is 2.43. The van der Waals surface area contributed by atoms with E-state index in [9.17, 15) is 57.5 Å². The second kappa shape index (κ2) is 22.6. The summed E-state index contributed by atoms with van der Waals surface area (Å²) in [5.41, 5.74) is -0.972. The number of aryl methyl sites for hydroxylation is 2. The van der Waals surface area contributed by atoms with Gasteiger partial charge >= 0.3 is 24.7 Å². The molecule has 1 saturated carbocycles. The zero-order chi connectivity index (χ0) is 52.7. The van der Waals surface area contributed by atoms with E-state index in [1.165, 1.54) is 39.7 Å². The van der Waals surface area contributed by atoms with Gasteiger partial charge in [0.25, 0.3) is 0 Å². The number of rotatable bonds is 8. The number of nitrogens with one attached hydrogen (secondary N) is 1. The highest BCUT2D eigenvalue weighted by atomic mass is 19.4. The third kappa shape index (κ3) is 15.2. The third-order valence-electron chi connectivity index (χ3n) is 10.2. The highest BCUT2D eigenvalue weighted by Crippen LogP contribution is 2.47. The summed E-state index contributed by atoms with van der Waals surface area (Å²) in [4.78, 5) is 13.9. The molecule has 6 aromatic rings. The number of aromatic amines is 1. The Labute approximate surface area is 391 Å². The van der Waals surface area contributed by atoms with Gasteiger partial charge < -0.3 is 9.55 Å². The van der Waals surface area contributed by atoms with Crippen LogP contribution in [0.25, 0.3) is 23.2 Å². The van der Waals surface area contributed by atoms with Gasteiger partial charge in [0.15, 0.2) is 22.8 Å². The van der Waals surface area contributed by atoms with E-state index in [-0.39, 0.29) is 46.3 Å². The molecular weight excluding hydrogens is 937 g/mol. The summed E-state index contributed by atoms with van der Waals surface area (Å²) >= 11 is 0. The van der Waals surface area contributed by atoms with Crippen molar-refractivity contribution in [3.8, 4) is 0 Å². The highest BCUT2D eigenvalue weighted by molar-refractivity contribution is 5.75. The Balaban J connectivity index is 0.000000229. The van der Waals surface area contributed by atoms with Gasteiger partial charge in [-0.1, -0.05) is 32.2 Å². The summed E-state index contributed by atoms with van der Waals surface area (Å²) in [5, 5.41) is 15.1. The molecule has 6 aromatic heterocycles. The average molecular weight is 995 g/mol. The Morgan fingerprint density at radius 3 is 1.52 bits per heavy atom. The van der Waals surface area contributed by atoms with E-state index in [0.29, 0.717) is 23.7 Å². The lowest BCUT2D eigenvalue weighted by Gasteiger charge is -2.08. The normalized spacial score (nSPS) is 13.1. The van der Waals surface area contributed by atoms with Crippen LogP contribution in [0, 0.1) is 6.92 Å². The van der Waals surface area contributed by atoms with Crippen LogP contribution in [0.5, 0.6) is 0 Å². The number of hydrogen-bond donors (Lipinski definition) is 1. The van der Waals surface area contributed by atoms with E-state index < -0.39 is 47.5 Å². The Bertz CT molecular complexity index is 2670. The van der Waals surface area contributed by atoms with Crippen LogP contribution in [0.4, 0.5) is 52.7 Å². The molecule has 23 heteroatoms. The molecule has 11 nitrogen and oxygen atoms in total. The van der Waals surface area contributed by atoms with E-state index in [0.717, 1.165) is 40.7 Å². The Hall–Kier alpha value is -6.03. The van der Waals surface area contributed by atoms with Crippen molar-refractivity contribution >= 4 is 23.2 Å². The number of H-pyrrole nitrogens is 1. The smallest absolute Gasteiger partial charge is 0.331 e. The van der Waals surface area contributed by atoms with Gasteiger partial charge in [-0.25, -0.2) is 0 Å². The molecule has 0 aliphatic heterocycles. The van der Waals surface area contributed by atoms with Crippen molar-refractivity contribution in [2.75, 3.05) is 0 Å². The molecule has 0 atom stereocenters. The van der Waals surface area contributed by atoms with Gasteiger partial charge in [0.2, 0.25) is 5.56 Å². The molecule has 0 spiro atoms. The van der Waals surface area contributed by atoms with Crippen molar-refractivity contribution in [2.24, 2.45) is 7.05 Å². The lowest BCUT2D eigenvalue weighted by molar-refractivity contribution is -0.143. The lowest BCUT2D eigenvalue weighted by Crippen LogP contribution is -2.10. The maximum atomic E-state index is 12.8. The topological polar surface area (TPSA) is 109 Å². The number of fused-ring (bicyclic) bond motifs is 1. The van der Waals surface area contributed by atoms with Crippen LogP contribution in [-0.2, 0) is 38.2 Å². The van der Waals surface area contributed by atoms with Crippen LogP contribution in [0.15, 0.2) is 60.9 Å². The minimum Gasteiger partial charge on any atom is -0.331 e. The van der Waals surface area contributed by atoms with Crippen LogP contribution in [-0.4, -0.2) is 48.7 Å². The third-order valence-corrected chi connectivity index (χ3v) is 10.2. The Kier molecular flexibility index (Phi) is 18.8. The van der Waals surface area contributed by atoms with Gasteiger partial charge in [0.1, 0.15) is 5.65 Å². The van der Waals surface area contributed by atoms with Crippen LogP contribution < -0.4 is 5.56 Å². The van der Waals surface area contributed by atoms with Crippen molar-refractivity contribution in [1.29, 1.82) is 0 Å². The number of alkyl halides is 12. The Morgan fingerprint density at radius 2 is 1.13 bits per heavy atom. The fourth-order valence-electron chi connectivity index (χ4n) is 6.70. The van der Waals surface area contributed by atoms with Crippen molar-refractivity contribution in [2.45, 2.75) is 143 Å². The van der Waals surface area contributed by atoms with Crippen LogP contribution in [0.1, 0.15) is 156 Å². The number of nitrogens with zero attached hydrogens (tertiary/aromatic N) is 9. The number of hydrogen-bond acceptors (Lipinski definition) is 5. The zero-order valence-electron chi connectivity index (χ0n) is 40.1. The monoisotopic (exact) mass is 994 g/mol. The van der Waals surface area contributed by atoms with E-state index in [2.05, 4.69) is 57.0 Å². The van der Waals surface area contributed by atoms with Crippen molar-refractivity contribution in [1.82, 2.24) is 48.7 Å². The van der Waals surface area contributed by atoms with Crippen molar-refractivity contribution in [3.05, 3.63) is 117 Å². The molecule has 6 heterocycles. The number of pyridine rings is 1. The number of aromatic nitrogens is 10.